The van der Waals surface area contributed by atoms with E-state index in [1.165, 1.54) is 12.1 Å². The molecule has 1 unspecified atom stereocenters. The first-order valence-corrected chi connectivity index (χ1v) is 4.62. The summed E-state index contributed by atoms with van der Waals surface area (Å²) >= 11 is 5.55. The third-order valence-electron chi connectivity index (χ3n) is 2.06. The Morgan fingerprint density at radius 1 is 1.64 bits per heavy atom. The first-order chi connectivity index (χ1) is 6.57. The Morgan fingerprint density at radius 2 is 2.29 bits per heavy atom. The smallest absolute Gasteiger partial charge is 0.311 e. The Balaban J connectivity index is 3.16. The molecule has 4 heteroatoms. The third-order valence-corrected chi connectivity index (χ3v) is 2.36. The van der Waals surface area contributed by atoms with Gasteiger partial charge in [0.2, 0.25) is 0 Å². The minimum atomic E-state index is -1.03. The van der Waals surface area contributed by atoms with E-state index in [4.69, 9.17) is 16.7 Å². The topological polar surface area (TPSA) is 37.3 Å². The molecule has 14 heavy (non-hydrogen) atoms. The van der Waals surface area contributed by atoms with Crippen molar-refractivity contribution >= 4 is 17.6 Å². The highest BCUT2D eigenvalue weighted by atomic mass is 35.5. The number of hydrogen-bond acceptors (Lipinski definition) is 1. The van der Waals surface area contributed by atoms with Crippen molar-refractivity contribution in [2.45, 2.75) is 19.3 Å². The molecule has 1 aromatic rings. The number of rotatable bonds is 3. The van der Waals surface area contributed by atoms with Crippen molar-refractivity contribution in [1.82, 2.24) is 0 Å². The Morgan fingerprint density at radius 3 is 2.79 bits per heavy atom. The third kappa shape index (κ3) is 2.04. The van der Waals surface area contributed by atoms with Crippen LogP contribution in [-0.4, -0.2) is 11.1 Å². The number of carboxylic acid groups (broad SMARTS) is 1. The largest absolute Gasteiger partial charge is 0.481 e. The highest BCUT2D eigenvalue weighted by Gasteiger charge is 2.21. The summed E-state index contributed by atoms with van der Waals surface area (Å²) in [6, 6.07) is 4.39. The maximum atomic E-state index is 13.4. The van der Waals surface area contributed by atoms with E-state index < -0.39 is 17.7 Å². The van der Waals surface area contributed by atoms with E-state index in [0.29, 0.717) is 6.42 Å². The van der Waals surface area contributed by atoms with Crippen molar-refractivity contribution in [1.29, 1.82) is 0 Å². The average Bonchev–Trinajstić information content (AvgIpc) is 2.13. The van der Waals surface area contributed by atoms with E-state index >= 15 is 0 Å². The monoisotopic (exact) mass is 216 g/mol. The van der Waals surface area contributed by atoms with Crippen LogP contribution >= 0.6 is 11.6 Å². The van der Waals surface area contributed by atoms with Crippen molar-refractivity contribution < 1.29 is 14.3 Å². The van der Waals surface area contributed by atoms with E-state index in [0.717, 1.165) is 0 Å². The van der Waals surface area contributed by atoms with Gasteiger partial charge < -0.3 is 5.11 Å². The normalized spacial score (nSPS) is 12.5. The number of halogens is 2. The van der Waals surface area contributed by atoms with Gasteiger partial charge in [-0.3, -0.25) is 4.79 Å². The van der Waals surface area contributed by atoms with Crippen LogP contribution in [0.4, 0.5) is 4.39 Å². The first-order valence-electron chi connectivity index (χ1n) is 4.24. The maximum Gasteiger partial charge on any atom is 0.311 e. The highest BCUT2D eigenvalue weighted by molar-refractivity contribution is 6.30. The molecular formula is C10H10ClFO2. The summed E-state index contributed by atoms with van der Waals surface area (Å²) < 4.78 is 13.4. The van der Waals surface area contributed by atoms with Gasteiger partial charge in [-0.05, 0) is 12.5 Å². The molecule has 76 valence electrons. The zero-order chi connectivity index (χ0) is 10.7. The molecular weight excluding hydrogens is 207 g/mol. The molecule has 1 atom stereocenters. The zero-order valence-corrected chi connectivity index (χ0v) is 8.38. The standard InChI is InChI=1S/C10H10ClFO2/c1-2-6(10(13)14)7-4-3-5-8(11)9(7)12/h3-6H,2H2,1H3,(H,13,14). The number of aliphatic carboxylic acids is 1. The van der Waals surface area contributed by atoms with Gasteiger partial charge in [0.1, 0.15) is 5.82 Å². The summed E-state index contributed by atoms with van der Waals surface area (Å²) in [7, 11) is 0. The lowest BCUT2D eigenvalue weighted by Gasteiger charge is -2.11. The van der Waals surface area contributed by atoms with Crippen LogP contribution in [0.25, 0.3) is 0 Å². The Bertz CT molecular complexity index is 352. The van der Waals surface area contributed by atoms with E-state index in [9.17, 15) is 9.18 Å². The number of hydrogen-bond donors (Lipinski definition) is 1. The van der Waals surface area contributed by atoms with Crippen molar-refractivity contribution in [3.05, 3.63) is 34.6 Å². The molecule has 0 amide bonds. The van der Waals surface area contributed by atoms with Gasteiger partial charge in [-0.1, -0.05) is 30.7 Å². The average molecular weight is 217 g/mol. The summed E-state index contributed by atoms with van der Waals surface area (Å²) in [4.78, 5) is 10.8. The number of benzene rings is 1. The van der Waals surface area contributed by atoms with Gasteiger partial charge in [-0.25, -0.2) is 4.39 Å². The lowest BCUT2D eigenvalue weighted by molar-refractivity contribution is -0.138. The SMILES string of the molecule is CCC(C(=O)O)c1cccc(Cl)c1F. The van der Waals surface area contributed by atoms with Crippen LogP contribution in [0, 0.1) is 5.82 Å². The van der Waals surface area contributed by atoms with Gasteiger partial charge in [0.15, 0.2) is 0 Å². The molecule has 0 spiro atoms. The second kappa shape index (κ2) is 4.42. The van der Waals surface area contributed by atoms with Gasteiger partial charge in [0.25, 0.3) is 0 Å². The van der Waals surface area contributed by atoms with Gasteiger partial charge >= 0.3 is 5.97 Å². The van der Waals surface area contributed by atoms with Crippen LogP contribution in [0.2, 0.25) is 5.02 Å². The van der Waals surface area contributed by atoms with Gasteiger partial charge in [-0.2, -0.15) is 0 Å². The van der Waals surface area contributed by atoms with Crippen LogP contribution in [-0.2, 0) is 4.79 Å². The van der Waals surface area contributed by atoms with E-state index in [-0.39, 0.29) is 10.6 Å². The molecule has 0 saturated heterocycles. The summed E-state index contributed by atoms with van der Waals surface area (Å²) in [5, 5.41) is 8.79. The van der Waals surface area contributed by atoms with E-state index in [1.54, 1.807) is 13.0 Å². The van der Waals surface area contributed by atoms with Crippen molar-refractivity contribution in [3.63, 3.8) is 0 Å². The van der Waals surface area contributed by atoms with Gasteiger partial charge in [-0.15, -0.1) is 0 Å². The fourth-order valence-electron chi connectivity index (χ4n) is 1.32. The lowest BCUT2D eigenvalue weighted by Crippen LogP contribution is -2.12. The molecule has 0 aliphatic heterocycles. The molecule has 0 aliphatic carbocycles. The molecule has 0 radical (unpaired) electrons. The molecule has 1 aromatic carbocycles. The summed E-state index contributed by atoms with van der Waals surface area (Å²) in [6.45, 7) is 1.69. The van der Waals surface area contributed by atoms with Crippen LogP contribution in [0.15, 0.2) is 18.2 Å². The number of carboxylic acids is 1. The van der Waals surface area contributed by atoms with Crippen LogP contribution in [0.5, 0.6) is 0 Å². The van der Waals surface area contributed by atoms with Crippen molar-refractivity contribution in [2.24, 2.45) is 0 Å². The molecule has 1 N–H and O–H groups in total. The van der Waals surface area contributed by atoms with Crippen LogP contribution < -0.4 is 0 Å². The fourth-order valence-corrected chi connectivity index (χ4v) is 1.50. The van der Waals surface area contributed by atoms with Gasteiger partial charge in [0.05, 0.1) is 10.9 Å². The minimum absolute atomic E-state index is 0.0396. The minimum Gasteiger partial charge on any atom is -0.481 e. The molecule has 0 aliphatic rings. The predicted octanol–water partition coefficient (Wildman–Crippen LogP) is 3.06. The summed E-state index contributed by atoms with van der Waals surface area (Å²) in [5.41, 5.74) is 0.146. The first kappa shape index (κ1) is 11.0. The summed E-state index contributed by atoms with van der Waals surface area (Å²) in [5.74, 6) is -2.49. The highest BCUT2D eigenvalue weighted by Crippen LogP contribution is 2.26. The van der Waals surface area contributed by atoms with E-state index in [1.807, 2.05) is 0 Å². The predicted molar refractivity (Wildman–Crippen MR) is 52.1 cm³/mol. The Labute approximate surface area is 86.3 Å². The second-order valence-electron chi connectivity index (χ2n) is 2.94. The maximum absolute atomic E-state index is 13.4. The van der Waals surface area contributed by atoms with E-state index in [2.05, 4.69) is 0 Å². The number of carbonyl (C=O) groups is 1. The van der Waals surface area contributed by atoms with Crippen molar-refractivity contribution in [2.75, 3.05) is 0 Å². The quantitative estimate of drug-likeness (QED) is 0.843. The molecule has 0 fully saturated rings. The zero-order valence-electron chi connectivity index (χ0n) is 7.63. The Hall–Kier alpha value is -1.09. The second-order valence-corrected chi connectivity index (χ2v) is 3.35. The summed E-state index contributed by atoms with van der Waals surface area (Å²) in [6.07, 6.45) is 0.340. The van der Waals surface area contributed by atoms with Crippen molar-refractivity contribution in [3.8, 4) is 0 Å². The lowest BCUT2D eigenvalue weighted by atomic mass is 9.96. The molecule has 2 nitrogen and oxygen atoms in total. The fraction of sp³-hybridized carbons (Fsp3) is 0.300. The van der Waals surface area contributed by atoms with Crippen LogP contribution in [0.1, 0.15) is 24.8 Å². The molecule has 0 aromatic heterocycles. The van der Waals surface area contributed by atoms with Crippen LogP contribution in [0.3, 0.4) is 0 Å². The molecule has 1 rings (SSSR count). The Kier molecular flexibility index (Phi) is 3.47. The molecule has 0 bridgehead atoms. The molecule has 0 saturated carbocycles. The van der Waals surface area contributed by atoms with Gasteiger partial charge in [0, 0.05) is 5.56 Å². The molecule has 0 heterocycles.